The summed E-state index contributed by atoms with van der Waals surface area (Å²) in [6, 6.07) is 5.77. The van der Waals surface area contributed by atoms with Gasteiger partial charge in [-0.25, -0.2) is 4.98 Å². The lowest BCUT2D eigenvalue weighted by molar-refractivity contribution is 0.0632. The van der Waals surface area contributed by atoms with Gasteiger partial charge in [0.05, 0.1) is 0 Å². The van der Waals surface area contributed by atoms with Gasteiger partial charge in [0.25, 0.3) is 0 Å². The van der Waals surface area contributed by atoms with Crippen LogP contribution < -0.4 is 4.74 Å². The molecule has 3 nitrogen and oxygen atoms in total. The summed E-state index contributed by atoms with van der Waals surface area (Å²) >= 11 is 0. The molecular weight excluding hydrogens is 238 g/mol. The lowest BCUT2D eigenvalue weighted by Gasteiger charge is -2.12. The molecule has 1 heterocycles. The summed E-state index contributed by atoms with van der Waals surface area (Å²) in [7, 11) is 0. The van der Waals surface area contributed by atoms with Gasteiger partial charge in [-0.05, 0) is 25.0 Å². The number of ether oxygens (including phenoxy) is 1. The molecular formula is C13H14F2N2O. The lowest BCUT2D eigenvalue weighted by Crippen LogP contribution is -2.08. The van der Waals surface area contributed by atoms with Gasteiger partial charge in [0, 0.05) is 12.4 Å². The normalized spacial score (nSPS) is 10.9. The number of alkyl halides is 2. The zero-order chi connectivity index (χ0) is 13.1. The van der Waals surface area contributed by atoms with E-state index in [1.807, 2.05) is 32.0 Å². The van der Waals surface area contributed by atoms with Crippen LogP contribution >= 0.6 is 0 Å². The summed E-state index contributed by atoms with van der Waals surface area (Å²) in [5.41, 5.74) is 1.95. The van der Waals surface area contributed by atoms with Crippen LogP contribution in [0.15, 0.2) is 30.6 Å². The summed E-state index contributed by atoms with van der Waals surface area (Å²) < 4.78 is 31.6. The Bertz CT molecular complexity index is 517. The Morgan fingerprint density at radius 3 is 2.56 bits per heavy atom. The number of hydrogen-bond acceptors (Lipinski definition) is 2. The minimum Gasteiger partial charge on any atom is -0.485 e. The summed E-state index contributed by atoms with van der Waals surface area (Å²) in [6.45, 7) is 1.27. The van der Waals surface area contributed by atoms with Crippen LogP contribution in [0.1, 0.15) is 23.5 Å². The fourth-order valence-electron chi connectivity index (χ4n) is 1.80. The molecule has 5 heteroatoms. The lowest BCUT2D eigenvalue weighted by atomic mass is 10.1. The Balaban J connectivity index is 2.14. The van der Waals surface area contributed by atoms with Crippen molar-refractivity contribution in [1.29, 1.82) is 0 Å². The van der Waals surface area contributed by atoms with Gasteiger partial charge in [-0.2, -0.15) is 8.78 Å². The largest absolute Gasteiger partial charge is 0.485 e. The van der Waals surface area contributed by atoms with Crippen molar-refractivity contribution in [2.75, 3.05) is 0 Å². The van der Waals surface area contributed by atoms with Gasteiger partial charge in [0.15, 0.2) is 5.82 Å². The molecule has 96 valence electrons. The molecule has 0 saturated carbocycles. The molecule has 2 aromatic rings. The Hall–Kier alpha value is -1.91. The third-order valence-corrected chi connectivity index (χ3v) is 2.71. The molecule has 0 fully saturated rings. The van der Waals surface area contributed by atoms with E-state index in [0.29, 0.717) is 0 Å². The standard InChI is InChI=1S/C13H14F2N2O/c1-9-4-3-5-10(2)12(9)18-8-11-16-6-7-17(11)13(14)15/h3-7,13H,8H2,1-2H3. The molecule has 1 aromatic carbocycles. The Morgan fingerprint density at radius 1 is 1.28 bits per heavy atom. The molecule has 1 aromatic heterocycles. The molecule has 0 spiro atoms. The first-order valence-corrected chi connectivity index (χ1v) is 5.58. The molecule has 0 N–H and O–H groups in total. The monoisotopic (exact) mass is 252 g/mol. The average Bonchev–Trinajstić information content (AvgIpc) is 2.76. The van der Waals surface area contributed by atoms with Crippen LogP contribution in [-0.4, -0.2) is 9.55 Å². The molecule has 0 bridgehead atoms. The molecule has 0 amide bonds. The average molecular weight is 252 g/mol. The third kappa shape index (κ3) is 2.50. The van der Waals surface area contributed by atoms with E-state index < -0.39 is 6.55 Å². The van der Waals surface area contributed by atoms with E-state index in [1.54, 1.807) is 0 Å². The highest BCUT2D eigenvalue weighted by atomic mass is 19.3. The molecule has 0 aliphatic carbocycles. The highest BCUT2D eigenvalue weighted by molar-refractivity contribution is 5.39. The summed E-state index contributed by atoms with van der Waals surface area (Å²) in [6.07, 6.45) is 2.59. The minimum absolute atomic E-state index is 0.0308. The minimum atomic E-state index is -2.59. The first kappa shape index (κ1) is 12.5. The number of para-hydroxylation sites is 1. The van der Waals surface area contributed by atoms with E-state index >= 15 is 0 Å². The van der Waals surface area contributed by atoms with E-state index in [4.69, 9.17) is 4.74 Å². The maximum Gasteiger partial charge on any atom is 0.320 e. The van der Waals surface area contributed by atoms with Gasteiger partial charge in [0.2, 0.25) is 0 Å². The van der Waals surface area contributed by atoms with Gasteiger partial charge in [-0.1, -0.05) is 18.2 Å². The van der Waals surface area contributed by atoms with Crippen LogP contribution in [0.5, 0.6) is 5.75 Å². The maximum atomic E-state index is 12.6. The highest BCUT2D eigenvalue weighted by Gasteiger charge is 2.12. The molecule has 0 unspecified atom stereocenters. The van der Waals surface area contributed by atoms with Crippen LogP contribution in [0.3, 0.4) is 0 Å². The van der Waals surface area contributed by atoms with Crippen molar-refractivity contribution in [2.24, 2.45) is 0 Å². The van der Waals surface area contributed by atoms with E-state index in [0.717, 1.165) is 21.4 Å². The van der Waals surface area contributed by atoms with Crippen LogP contribution in [0, 0.1) is 13.8 Å². The highest BCUT2D eigenvalue weighted by Crippen LogP contribution is 2.23. The molecule has 18 heavy (non-hydrogen) atoms. The van der Waals surface area contributed by atoms with E-state index in [2.05, 4.69) is 4.98 Å². The van der Waals surface area contributed by atoms with E-state index in [9.17, 15) is 8.78 Å². The fourth-order valence-corrected chi connectivity index (χ4v) is 1.80. The van der Waals surface area contributed by atoms with Crippen LogP contribution in [0.4, 0.5) is 8.78 Å². The number of hydrogen-bond donors (Lipinski definition) is 0. The Kier molecular flexibility index (Phi) is 3.60. The van der Waals surface area contributed by atoms with Gasteiger partial charge in [0.1, 0.15) is 12.4 Å². The predicted molar refractivity (Wildman–Crippen MR) is 63.7 cm³/mol. The first-order chi connectivity index (χ1) is 8.59. The zero-order valence-electron chi connectivity index (χ0n) is 10.2. The summed E-state index contributed by atoms with van der Waals surface area (Å²) in [5, 5.41) is 0. The van der Waals surface area contributed by atoms with E-state index in [-0.39, 0.29) is 12.4 Å². The SMILES string of the molecule is Cc1cccc(C)c1OCc1nccn1C(F)F. The van der Waals surface area contributed by atoms with E-state index in [1.165, 1.54) is 12.4 Å². The fraction of sp³-hybridized carbons (Fsp3) is 0.308. The van der Waals surface area contributed by atoms with Crippen LogP contribution in [-0.2, 0) is 6.61 Å². The number of aryl methyl sites for hydroxylation is 2. The van der Waals surface area contributed by atoms with Crippen molar-refractivity contribution >= 4 is 0 Å². The second-order valence-electron chi connectivity index (χ2n) is 4.04. The topological polar surface area (TPSA) is 27.1 Å². The number of benzene rings is 1. The molecule has 0 aliphatic heterocycles. The number of halogens is 2. The number of aromatic nitrogens is 2. The quantitative estimate of drug-likeness (QED) is 0.833. The molecule has 0 aliphatic rings. The van der Waals surface area contributed by atoms with Crippen molar-refractivity contribution < 1.29 is 13.5 Å². The van der Waals surface area contributed by atoms with Gasteiger partial charge in [-0.3, -0.25) is 4.57 Å². The van der Waals surface area contributed by atoms with Crippen LogP contribution in [0.25, 0.3) is 0 Å². The third-order valence-electron chi connectivity index (χ3n) is 2.71. The summed E-state index contributed by atoms with van der Waals surface area (Å²) in [5.74, 6) is 0.939. The Morgan fingerprint density at radius 2 is 1.94 bits per heavy atom. The Labute approximate surface area is 104 Å². The number of nitrogens with zero attached hydrogens (tertiary/aromatic N) is 2. The molecule has 2 rings (SSSR count). The molecule has 0 atom stereocenters. The first-order valence-electron chi connectivity index (χ1n) is 5.58. The predicted octanol–water partition coefficient (Wildman–Crippen LogP) is 3.47. The van der Waals surface area contributed by atoms with Crippen LogP contribution in [0.2, 0.25) is 0 Å². The number of imidazole rings is 1. The second kappa shape index (κ2) is 5.16. The van der Waals surface area contributed by atoms with Crippen molar-refractivity contribution in [1.82, 2.24) is 9.55 Å². The smallest absolute Gasteiger partial charge is 0.320 e. The van der Waals surface area contributed by atoms with Crippen molar-refractivity contribution in [3.8, 4) is 5.75 Å². The zero-order valence-corrected chi connectivity index (χ0v) is 10.2. The van der Waals surface area contributed by atoms with Gasteiger partial charge in [-0.15, -0.1) is 0 Å². The van der Waals surface area contributed by atoms with Crippen molar-refractivity contribution in [3.63, 3.8) is 0 Å². The number of rotatable bonds is 4. The van der Waals surface area contributed by atoms with Crippen molar-refractivity contribution in [3.05, 3.63) is 47.5 Å². The molecule has 0 saturated heterocycles. The van der Waals surface area contributed by atoms with Gasteiger partial charge >= 0.3 is 6.55 Å². The maximum absolute atomic E-state index is 12.6. The van der Waals surface area contributed by atoms with Gasteiger partial charge < -0.3 is 4.74 Å². The van der Waals surface area contributed by atoms with Crippen molar-refractivity contribution in [2.45, 2.75) is 27.0 Å². The summed E-state index contributed by atoms with van der Waals surface area (Å²) in [4.78, 5) is 3.87. The molecule has 0 radical (unpaired) electrons. The second-order valence-corrected chi connectivity index (χ2v) is 4.04.